The zero-order valence-corrected chi connectivity index (χ0v) is 6.15. The molecule has 2 fully saturated rings. The predicted molar refractivity (Wildman–Crippen MR) is 38.6 cm³/mol. The van der Waals surface area contributed by atoms with Gasteiger partial charge in [-0.05, 0) is 31.6 Å². The number of piperidine rings is 1. The highest BCUT2D eigenvalue weighted by molar-refractivity contribution is 4.91. The molecule has 10 heavy (non-hydrogen) atoms. The van der Waals surface area contributed by atoms with E-state index in [1.807, 2.05) is 0 Å². The predicted octanol–water partition coefficient (Wildman–Crippen LogP) is 1.49. The Kier molecular flexibility index (Phi) is 1.65. The van der Waals surface area contributed by atoms with E-state index in [4.69, 9.17) is 0 Å². The number of rotatable bonds is 1. The third-order valence-electron chi connectivity index (χ3n) is 2.79. The lowest BCUT2D eigenvalue weighted by atomic mass is 9.94. The van der Waals surface area contributed by atoms with E-state index in [1.54, 1.807) is 0 Å². The number of hydrogen-bond acceptors (Lipinski definition) is 1. The van der Waals surface area contributed by atoms with Crippen LogP contribution in [0.4, 0.5) is 4.39 Å². The molecular formula is C8H14FN. The van der Waals surface area contributed by atoms with Crippen LogP contribution in [-0.4, -0.2) is 18.8 Å². The van der Waals surface area contributed by atoms with Crippen LogP contribution in [0.15, 0.2) is 0 Å². The number of halogens is 1. The summed E-state index contributed by atoms with van der Waals surface area (Å²) in [5, 5.41) is 3.49. The quantitative estimate of drug-likeness (QED) is 0.586. The monoisotopic (exact) mass is 143 g/mol. The SMILES string of the molecule is FCC1CC2CCC(C1)N2. The molecule has 2 bridgehead atoms. The molecule has 0 spiro atoms. The van der Waals surface area contributed by atoms with Gasteiger partial charge in [-0.2, -0.15) is 0 Å². The van der Waals surface area contributed by atoms with E-state index in [1.165, 1.54) is 12.8 Å². The molecule has 2 heteroatoms. The minimum absolute atomic E-state index is 0.102. The Morgan fingerprint density at radius 2 is 1.80 bits per heavy atom. The molecular weight excluding hydrogens is 129 g/mol. The Morgan fingerprint density at radius 3 is 2.30 bits per heavy atom. The van der Waals surface area contributed by atoms with E-state index in [2.05, 4.69) is 5.32 Å². The van der Waals surface area contributed by atoms with Gasteiger partial charge in [0.05, 0.1) is 6.67 Å². The molecule has 0 aliphatic carbocycles. The van der Waals surface area contributed by atoms with Gasteiger partial charge >= 0.3 is 0 Å². The molecule has 2 unspecified atom stereocenters. The van der Waals surface area contributed by atoms with Crippen LogP contribution in [0.3, 0.4) is 0 Å². The van der Waals surface area contributed by atoms with Gasteiger partial charge in [-0.3, -0.25) is 4.39 Å². The van der Waals surface area contributed by atoms with E-state index in [0.29, 0.717) is 18.0 Å². The van der Waals surface area contributed by atoms with Crippen LogP contribution < -0.4 is 5.32 Å². The summed E-state index contributed by atoms with van der Waals surface area (Å²) in [5.74, 6) is 0.374. The van der Waals surface area contributed by atoms with Gasteiger partial charge in [0.2, 0.25) is 0 Å². The minimum Gasteiger partial charge on any atom is -0.311 e. The molecule has 2 rings (SSSR count). The van der Waals surface area contributed by atoms with Gasteiger partial charge in [-0.15, -0.1) is 0 Å². The van der Waals surface area contributed by atoms with Crippen molar-refractivity contribution in [1.82, 2.24) is 5.32 Å². The molecule has 0 aromatic carbocycles. The van der Waals surface area contributed by atoms with Crippen LogP contribution in [0.2, 0.25) is 0 Å². The van der Waals surface area contributed by atoms with Crippen molar-refractivity contribution in [3.8, 4) is 0 Å². The lowest BCUT2D eigenvalue weighted by molar-refractivity contribution is 0.246. The van der Waals surface area contributed by atoms with Crippen molar-refractivity contribution >= 4 is 0 Å². The molecule has 2 saturated heterocycles. The molecule has 0 saturated carbocycles. The fourth-order valence-electron chi connectivity index (χ4n) is 2.30. The Labute approximate surface area is 61.0 Å². The Hall–Kier alpha value is -0.110. The van der Waals surface area contributed by atoms with E-state index in [-0.39, 0.29) is 6.67 Å². The van der Waals surface area contributed by atoms with Crippen molar-refractivity contribution in [2.75, 3.05) is 6.67 Å². The van der Waals surface area contributed by atoms with E-state index in [0.717, 1.165) is 12.8 Å². The second-order valence-electron chi connectivity index (χ2n) is 3.63. The van der Waals surface area contributed by atoms with Crippen molar-refractivity contribution in [2.45, 2.75) is 37.8 Å². The number of hydrogen-bond donors (Lipinski definition) is 1. The number of nitrogens with one attached hydrogen (secondary N) is 1. The molecule has 0 aromatic heterocycles. The summed E-state index contributed by atoms with van der Waals surface area (Å²) in [6, 6.07) is 1.30. The second kappa shape index (κ2) is 2.50. The lowest BCUT2D eigenvalue weighted by Gasteiger charge is -2.26. The molecule has 2 heterocycles. The lowest BCUT2D eigenvalue weighted by Crippen LogP contribution is -2.38. The first-order valence-corrected chi connectivity index (χ1v) is 4.20. The zero-order valence-electron chi connectivity index (χ0n) is 6.15. The molecule has 2 aliphatic heterocycles. The van der Waals surface area contributed by atoms with Crippen LogP contribution in [0.5, 0.6) is 0 Å². The highest BCUT2D eigenvalue weighted by Gasteiger charge is 2.32. The minimum atomic E-state index is -0.102. The maximum atomic E-state index is 12.2. The number of alkyl halides is 1. The summed E-state index contributed by atoms with van der Waals surface area (Å²) in [6.07, 6.45) is 4.71. The maximum Gasteiger partial charge on any atom is 0.0923 e. The first-order valence-electron chi connectivity index (χ1n) is 4.20. The van der Waals surface area contributed by atoms with Gasteiger partial charge in [0.25, 0.3) is 0 Å². The second-order valence-corrected chi connectivity index (χ2v) is 3.63. The highest BCUT2D eigenvalue weighted by atomic mass is 19.1. The third-order valence-corrected chi connectivity index (χ3v) is 2.79. The van der Waals surface area contributed by atoms with Gasteiger partial charge < -0.3 is 5.32 Å². The smallest absolute Gasteiger partial charge is 0.0923 e. The van der Waals surface area contributed by atoms with Crippen LogP contribution >= 0.6 is 0 Å². The summed E-state index contributed by atoms with van der Waals surface area (Å²) < 4.78 is 12.2. The average molecular weight is 143 g/mol. The third kappa shape index (κ3) is 1.05. The van der Waals surface area contributed by atoms with Gasteiger partial charge in [0.15, 0.2) is 0 Å². The summed E-state index contributed by atoms with van der Waals surface area (Å²) in [7, 11) is 0. The molecule has 58 valence electrons. The van der Waals surface area contributed by atoms with Crippen LogP contribution in [0, 0.1) is 5.92 Å². The molecule has 0 amide bonds. The number of fused-ring (bicyclic) bond motifs is 2. The summed E-state index contributed by atoms with van der Waals surface area (Å²) in [5.41, 5.74) is 0. The Bertz CT molecular complexity index is 114. The van der Waals surface area contributed by atoms with Crippen molar-refractivity contribution < 1.29 is 4.39 Å². The van der Waals surface area contributed by atoms with Crippen LogP contribution in [-0.2, 0) is 0 Å². The Morgan fingerprint density at radius 1 is 1.20 bits per heavy atom. The topological polar surface area (TPSA) is 12.0 Å². The average Bonchev–Trinajstić information content (AvgIpc) is 2.30. The largest absolute Gasteiger partial charge is 0.311 e. The summed E-state index contributed by atoms with van der Waals surface area (Å²) in [6.45, 7) is -0.102. The first-order chi connectivity index (χ1) is 4.88. The van der Waals surface area contributed by atoms with Gasteiger partial charge in [0.1, 0.15) is 0 Å². The van der Waals surface area contributed by atoms with Gasteiger partial charge in [0, 0.05) is 12.1 Å². The zero-order chi connectivity index (χ0) is 6.97. The normalized spacial score (nSPS) is 45.9. The fourth-order valence-corrected chi connectivity index (χ4v) is 2.30. The summed E-state index contributed by atoms with van der Waals surface area (Å²) >= 11 is 0. The molecule has 1 nitrogen and oxygen atoms in total. The molecule has 2 atom stereocenters. The maximum absolute atomic E-state index is 12.2. The van der Waals surface area contributed by atoms with E-state index >= 15 is 0 Å². The standard InChI is InChI=1S/C8H14FN/c9-5-6-3-7-1-2-8(4-6)10-7/h6-8,10H,1-5H2. The van der Waals surface area contributed by atoms with Crippen molar-refractivity contribution in [3.05, 3.63) is 0 Å². The Balaban J connectivity index is 1.96. The van der Waals surface area contributed by atoms with Crippen molar-refractivity contribution in [3.63, 3.8) is 0 Å². The van der Waals surface area contributed by atoms with E-state index in [9.17, 15) is 4.39 Å². The molecule has 2 aliphatic rings. The van der Waals surface area contributed by atoms with Crippen molar-refractivity contribution in [2.24, 2.45) is 5.92 Å². The highest BCUT2D eigenvalue weighted by Crippen LogP contribution is 2.30. The molecule has 0 radical (unpaired) electrons. The van der Waals surface area contributed by atoms with Gasteiger partial charge in [-0.1, -0.05) is 0 Å². The van der Waals surface area contributed by atoms with Crippen LogP contribution in [0.25, 0.3) is 0 Å². The fraction of sp³-hybridized carbons (Fsp3) is 1.00. The summed E-state index contributed by atoms with van der Waals surface area (Å²) in [4.78, 5) is 0. The van der Waals surface area contributed by atoms with Crippen LogP contribution in [0.1, 0.15) is 25.7 Å². The van der Waals surface area contributed by atoms with Gasteiger partial charge in [-0.25, -0.2) is 0 Å². The first kappa shape index (κ1) is 6.59. The van der Waals surface area contributed by atoms with Crippen molar-refractivity contribution in [1.29, 1.82) is 0 Å². The molecule has 0 aromatic rings. The molecule has 1 N–H and O–H groups in total. The van der Waals surface area contributed by atoms with E-state index < -0.39 is 0 Å².